The number of fused-ring (bicyclic) bond motifs is 1. The van der Waals surface area contributed by atoms with Crippen molar-refractivity contribution in [1.82, 2.24) is 10.3 Å². The third kappa shape index (κ3) is 5.86. The molecule has 0 radical (unpaired) electrons. The van der Waals surface area contributed by atoms with Crippen molar-refractivity contribution < 1.29 is 9.47 Å². The minimum absolute atomic E-state index is 0. The van der Waals surface area contributed by atoms with Crippen LogP contribution in [-0.2, 0) is 6.54 Å². The molecule has 0 aliphatic rings. The Kier molecular flexibility index (Phi) is 8.58. The summed E-state index contributed by atoms with van der Waals surface area (Å²) in [5, 5.41) is 7.29. The molecule has 0 bridgehead atoms. The monoisotopic (exact) mass is 513 g/mol. The number of nitrogens with two attached hydrogens (primary N) is 1. The summed E-state index contributed by atoms with van der Waals surface area (Å²) in [6.07, 6.45) is 0. The van der Waals surface area contributed by atoms with Crippen LogP contribution in [0.3, 0.4) is 0 Å². The molecule has 2 aromatic carbocycles. The predicted octanol–water partition coefficient (Wildman–Crippen LogP) is 3.45. The van der Waals surface area contributed by atoms with E-state index in [4.69, 9.17) is 15.2 Å². The number of nitrogens with one attached hydrogen (secondary N) is 2. The van der Waals surface area contributed by atoms with Crippen LogP contribution in [0.15, 0.2) is 47.5 Å². The van der Waals surface area contributed by atoms with Crippen LogP contribution >= 0.6 is 35.3 Å². The first kappa shape index (κ1) is 22.0. The molecule has 7 nitrogen and oxygen atoms in total. The smallest absolute Gasteiger partial charge is 0.188 e. The Balaban J connectivity index is 0.00000280. The molecule has 4 N–H and O–H groups in total. The van der Waals surface area contributed by atoms with Crippen LogP contribution in [0.25, 0.3) is 10.2 Å². The molecule has 0 unspecified atom stereocenters. The summed E-state index contributed by atoms with van der Waals surface area (Å²) in [7, 11) is 3.22. The third-order valence-corrected chi connectivity index (χ3v) is 4.88. The summed E-state index contributed by atoms with van der Waals surface area (Å²) in [6.45, 7) is 1.81. The highest BCUT2D eigenvalue weighted by atomic mass is 127. The summed E-state index contributed by atoms with van der Waals surface area (Å²) >= 11 is 1.64. The van der Waals surface area contributed by atoms with Gasteiger partial charge in [0.05, 0.1) is 31.0 Å². The van der Waals surface area contributed by atoms with E-state index in [1.54, 1.807) is 25.6 Å². The number of hydrogen-bond acceptors (Lipinski definition) is 6. The van der Waals surface area contributed by atoms with Gasteiger partial charge in [0.2, 0.25) is 0 Å². The van der Waals surface area contributed by atoms with E-state index < -0.39 is 0 Å². The van der Waals surface area contributed by atoms with Crippen molar-refractivity contribution in [1.29, 1.82) is 0 Å². The van der Waals surface area contributed by atoms with Gasteiger partial charge in [0.15, 0.2) is 22.6 Å². The zero-order valence-electron chi connectivity index (χ0n) is 15.8. The normalized spacial score (nSPS) is 11.0. The van der Waals surface area contributed by atoms with Crippen molar-refractivity contribution in [3.05, 3.63) is 48.0 Å². The minimum Gasteiger partial charge on any atom is -0.493 e. The summed E-state index contributed by atoms with van der Waals surface area (Å²) in [6, 6.07) is 13.8. The van der Waals surface area contributed by atoms with Crippen molar-refractivity contribution in [2.75, 3.05) is 32.6 Å². The lowest BCUT2D eigenvalue weighted by Crippen LogP contribution is -2.35. The largest absolute Gasteiger partial charge is 0.493 e. The van der Waals surface area contributed by atoms with E-state index in [1.165, 1.54) is 4.70 Å². The highest BCUT2D eigenvalue weighted by Crippen LogP contribution is 2.27. The predicted molar refractivity (Wildman–Crippen MR) is 126 cm³/mol. The van der Waals surface area contributed by atoms with Gasteiger partial charge < -0.3 is 25.8 Å². The van der Waals surface area contributed by atoms with E-state index in [2.05, 4.69) is 26.7 Å². The number of halogens is 1. The van der Waals surface area contributed by atoms with Crippen LogP contribution in [0, 0.1) is 0 Å². The molecule has 0 spiro atoms. The van der Waals surface area contributed by atoms with E-state index in [9.17, 15) is 0 Å². The lowest BCUT2D eigenvalue weighted by molar-refractivity contribution is 0.354. The van der Waals surface area contributed by atoms with Gasteiger partial charge in [-0.15, -0.1) is 24.0 Å². The maximum atomic E-state index is 5.93. The Morgan fingerprint density at radius 2 is 1.89 bits per heavy atom. The van der Waals surface area contributed by atoms with Gasteiger partial charge in [-0.1, -0.05) is 29.5 Å². The molecule has 28 heavy (non-hydrogen) atoms. The number of nitrogens with zero attached hydrogens (tertiary/aromatic N) is 2. The minimum atomic E-state index is 0. The van der Waals surface area contributed by atoms with Gasteiger partial charge in [0.1, 0.15) is 0 Å². The molecule has 3 aromatic rings. The van der Waals surface area contributed by atoms with Gasteiger partial charge in [-0.25, -0.2) is 9.98 Å². The molecule has 0 amide bonds. The number of benzene rings is 2. The van der Waals surface area contributed by atoms with Crippen LogP contribution in [0.2, 0.25) is 0 Å². The Hall–Kier alpha value is -2.27. The molecular formula is C19H24IN5O2S. The fourth-order valence-electron chi connectivity index (χ4n) is 2.52. The second-order valence-corrected chi connectivity index (χ2v) is 6.76. The van der Waals surface area contributed by atoms with Gasteiger partial charge in [-0.05, 0) is 29.8 Å². The van der Waals surface area contributed by atoms with E-state index in [0.717, 1.165) is 16.2 Å². The lowest BCUT2D eigenvalue weighted by atomic mass is 10.2. The SMILES string of the molecule is COc1ccc(CN=C(N)NCCNc2nc3ccccc3s2)cc1OC.I. The first-order valence-corrected chi connectivity index (χ1v) is 9.35. The highest BCUT2D eigenvalue weighted by Gasteiger charge is 2.04. The zero-order valence-corrected chi connectivity index (χ0v) is 18.9. The highest BCUT2D eigenvalue weighted by molar-refractivity contribution is 14.0. The van der Waals surface area contributed by atoms with Crippen molar-refractivity contribution in [2.24, 2.45) is 10.7 Å². The molecule has 9 heteroatoms. The fraction of sp³-hybridized carbons (Fsp3) is 0.263. The van der Waals surface area contributed by atoms with Crippen LogP contribution in [0.5, 0.6) is 11.5 Å². The Labute approximate surface area is 185 Å². The number of guanidine groups is 1. The number of anilines is 1. The van der Waals surface area contributed by atoms with Crippen molar-refractivity contribution in [3.8, 4) is 11.5 Å². The Bertz CT molecular complexity index is 899. The lowest BCUT2D eigenvalue weighted by Gasteiger charge is -2.09. The number of aromatic nitrogens is 1. The summed E-state index contributed by atoms with van der Waals surface area (Å²) < 4.78 is 11.7. The summed E-state index contributed by atoms with van der Waals surface area (Å²) in [4.78, 5) is 8.88. The Morgan fingerprint density at radius 1 is 1.11 bits per heavy atom. The number of para-hydroxylation sites is 1. The molecular weight excluding hydrogens is 489 g/mol. The molecule has 0 aliphatic carbocycles. The topological polar surface area (TPSA) is 93.8 Å². The quantitative estimate of drug-likeness (QED) is 0.185. The van der Waals surface area contributed by atoms with Gasteiger partial charge in [-0.2, -0.15) is 0 Å². The maximum absolute atomic E-state index is 5.93. The molecule has 0 atom stereocenters. The number of methoxy groups -OCH3 is 2. The second-order valence-electron chi connectivity index (χ2n) is 5.73. The van der Waals surface area contributed by atoms with E-state index in [0.29, 0.717) is 37.1 Å². The number of thiazole rings is 1. The third-order valence-electron chi connectivity index (χ3n) is 3.88. The number of rotatable bonds is 8. The number of hydrogen-bond donors (Lipinski definition) is 3. The van der Waals surface area contributed by atoms with Crippen molar-refractivity contribution in [2.45, 2.75) is 6.54 Å². The van der Waals surface area contributed by atoms with Gasteiger partial charge in [0, 0.05) is 13.1 Å². The second kappa shape index (κ2) is 10.9. The number of aliphatic imine (C=N–C) groups is 1. The van der Waals surface area contributed by atoms with Crippen LogP contribution in [-0.4, -0.2) is 38.3 Å². The molecule has 0 saturated heterocycles. The van der Waals surface area contributed by atoms with Crippen LogP contribution in [0.4, 0.5) is 5.13 Å². The Morgan fingerprint density at radius 3 is 2.64 bits per heavy atom. The summed E-state index contributed by atoms with van der Waals surface area (Å²) in [5.41, 5.74) is 7.93. The zero-order chi connectivity index (χ0) is 19.1. The first-order chi connectivity index (χ1) is 13.2. The van der Waals surface area contributed by atoms with E-state index in [-0.39, 0.29) is 24.0 Å². The van der Waals surface area contributed by atoms with E-state index >= 15 is 0 Å². The molecule has 150 valence electrons. The van der Waals surface area contributed by atoms with Gasteiger partial charge in [-0.3, -0.25) is 0 Å². The molecule has 0 saturated carbocycles. The number of ether oxygens (including phenoxy) is 2. The van der Waals surface area contributed by atoms with Crippen LogP contribution < -0.4 is 25.8 Å². The van der Waals surface area contributed by atoms with Crippen LogP contribution in [0.1, 0.15) is 5.56 Å². The average molecular weight is 513 g/mol. The molecule has 0 fully saturated rings. The van der Waals surface area contributed by atoms with Crippen molar-refractivity contribution >= 4 is 56.6 Å². The summed E-state index contributed by atoms with van der Waals surface area (Å²) in [5.74, 6) is 1.77. The fourth-order valence-corrected chi connectivity index (χ4v) is 3.41. The van der Waals surface area contributed by atoms with E-state index in [1.807, 2.05) is 36.4 Å². The standard InChI is InChI=1S/C19H23N5O2S.HI/c1-25-15-8-7-13(11-16(15)26-2)12-23-18(20)21-9-10-22-19-24-14-5-3-4-6-17(14)27-19;/h3-8,11H,9-10,12H2,1-2H3,(H,22,24)(H3,20,21,23);1H. The van der Waals surface area contributed by atoms with Crippen molar-refractivity contribution in [3.63, 3.8) is 0 Å². The van der Waals surface area contributed by atoms with Gasteiger partial charge >= 0.3 is 0 Å². The molecule has 1 aromatic heterocycles. The first-order valence-electron chi connectivity index (χ1n) is 8.53. The molecule has 0 aliphatic heterocycles. The van der Waals surface area contributed by atoms with Gasteiger partial charge in [0.25, 0.3) is 0 Å². The molecule has 1 heterocycles. The maximum Gasteiger partial charge on any atom is 0.188 e. The average Bonchev–Trinajstić information content (AvgIpc) is 3.12. The molecule has 3 rings (SSSR count).